The maximum atomic E-state index is 11.5. The topological polar surface area (TPSA) is 77.4 Å². The molecule has 256 valence electrons. The molecule has 4 aliphatic heterocycles. The van der Waals surface area contributed by atoms with Crippen molar-refractivity contribution in [1.29, 1.82) is 0 Å². The maximum Gasteiger partial charge on any atom is 0.201 e. The fraction of sp³-hybridized carbons (Fsp3) is 0.368. The molecule has 4 aromatic carbocycles. The molecule has 0 aliphatic carbocycles. The molecular formula is C38H44Cl2N2O6. The number of hydrogen-bond acceptors (Lipinski definition) is 6. The zero-order valence-electron chi connectivity index (χ0n) is 28.3. The summed E-state index contributed by atoms with van der Waals surface area (Å²) in [6.45, 7) is 1.91. The van der Waals surface area contributed by atoms with E-state index in [1.54, 1.807) is 20.3 Å². The third kappa shape index (κ3) is 6.23. The summed E-state index contributed by atoms with van der Waals surface area (Å²) < 4.78 is 26.1. The van der Waals surface area contributed by atoms with Crippen LogP contribution in [0.15, 0.2) is 60.7 Å². The molecule has 0 aromatic heterocycles. The van der Waals surface area contributed by atoms with Crippen LogP contribution < -0.4 is 43.8 Å². The molecule has 2 N–H and O–H groups in total. The molecule has 0 fully saturated rings. The second-order valence-electron chi connectivity index (χ2n) is 14.1. The first-order valence-electron chi connectivity index (χ1n) is 16.0. The molecular weight excluding hydrogens is 651 g/mol. The summed E-state index contributed by atoms with van der Waals surface area (Å²) in [5.74, 6) is 3.18. The lowest BCUT2D eigenvalue weighted by atomic mass is 9.85. The lowest BCUT2D eigenvalue weighted by Gasteiger charge is -2.43. The van der Waals surface area contributed by atoms with Gasteiger partial charge in [-0.2, -0.15) is 0 Å². The Hall–Kier alpha value is -3.82. The normalized spacial score (nSPS) is 19.9. The molecule has 8 rings (SSSR count). The highest BCUT2D eigenvalue weighted by Crippen LogP contribution is 2.51. The van der Waals surface area contributed by atoms with Crippen molar-refractivity contribution in [2.45, 2.75) is 37.8 Å². The van der Waals surface area contributed by atoms with E-state index in [4.69, 9.17) is 18.9 Å². The SMILES string of the molecule is COc1cc2c3cc1Oc1cc(ccc1O)CC1c4c(cc(OC)c(O)c4Oc4ccc(cc4)CC3[N+](C)(C)CC2)CC[N+]1(C)C.[Cl-].[Cl-]. The van der Waals surface area contributed by atoms with Crippen molar-refractivity contribution in [1.82, 2.24) is 0 Å². The smallest absolute Gasteiger partial charge is 0.201 e. The molecule has 0 spiro atoms. The second-order valence-corrected chi connectivity index (χ2v) is 14.1. The minimum Gasteiger partial charge on any atom is -1.00 e. The van der Waals surface area contributed by atoms with E-state index >= 15 is 0 Å². The molecule has 4 aromatic rings. The molecule has 0 saturated carbocycles. The van der Waals surface area contributed by atoms with Gasteiger partial charge >= 0.3 is 0 Å². The number of benzene rings is 4. The number of rotatable bonds is 2. The first-order valence-corrected chi connectivity index (χ1v) is 16.0. The number of nitrogens with zero attached hydrogens (tertiary/aromatic N) is 2. The van der Waals surface area contributed by atoms with Crippen molar-refractivity contribution >= 4 is 0 Å². The molecule has 4 aliphatic rings. The van der Waals surface area contributed by atoms with Crippen LogP contribution in [-0.2, 0) is 25.7 Å². The van der Waals surface area contributed by atoms with Crippen LogP contribution in [0.3, 0.4) is 0 Å². The second kappa shape index (κ2) is 13.2. The number of phenols is 2. The summed E-state index contributed by atoms with van der Waals surface area (Å²) in [4.78, 5) is 0. The van der Waals surface area contributed by atoms with Gasteiger partial charge in [-0.1, -0.05) is 18.2 Å². The zero-order valence-corrected chi connectivity index (χ0v) is 29.9. The lowest BCUT2D eigenvalue weighted by molar-refractivity contribution is -0.923. The third-order valence-electron chi connectivity index (χ3n) is 10.5. The molecule has 0 amide bonds. The van der Waals surface area contributed by atoms with Crippen LogP contribution in [0.25, 0.3) is 0 Å². The van der Waals surface area contributed by atoms with E-state index in [9.17, 15) is 10.2 Å². The highest BCUT2D eigenvalue weighted by molar-refractivity contribution is 5.61. The Morgan fingerprint density at radius 2 is 1.27 bits per heavy atom. The van der Waals surface area contributed by atoms with E-state index in [1.165, 1.54) is 16.7 Å². The summed E-state index contributed by atoms with van der Waals surface area (Å²) in [6.07, 6.45) is 3.21. The average Bonchev–Trinajstić information content (AvgIpc) is 3.03. The molecule has 6 bridgehead atoms. The van der Waals surface area contributed by atoms with Crippen LogP contribution in [0, 0.1) is 0 Å². The van der Waals surface area contributed by atoms with E-state index in [-0.39, 0.29) is 48.4 Å². The van der Waals surface area contributed by atoms with Crippen LogP contribution in [0.2, 0.25) is 0 Å². The van der Waals surface area contributed by atoms with Gasteiger partial charge in [-0.15, -0.1) is 0 Å². The van der Waals surface area contributed by atoms with Gasteiger partial charge in [-0.25, -0.2) is 0 Å². The first-order chi connectivity index (χ1) is 22.0. The third-order valence-corrected chi connectivity index (χ3v) is 10.5. The van der Waals surface area contributed by atoms with Crippen LogP contribution in [0.1, 0.15) is 45.5 Å². The Kier molecular flexibility index (Phi) is 9.79. The molecule has 10 heteroatoms. The van der Waals surface area contributed by atoms with E-state index in [0.29, 0.717) is 45.4 Å². The molecule has 2 atom stereocenters. The van der Waals surface area contributed by atoms with Gasteiger partial charge in [0.2, 0.25) is 5.75 Å². The summed E-state index contributed by atoms with van der Waals surface area (Å²) in [6, 6.07) is 20.1. The molecule has 2 unspecified atom stereocenters. The van der Waals surface area contributed by atoms with Gasteiger partial charge in [0.25, 0.3) is 0 Å². The summed E-state index contributed by atoms with van der Waals surface area (Å²) in [7, 11) is 12.2. The number of likely N-dealkylation sites (N-methyl/N-ethyl adjacent to an activating group) is 2. The Morgan fingerprint density at radius 1 is 0.667 bits per heavy atom. The predicted molar refractivity (Wildman–Crippen MR) is 177 cm³/mol. The fourth-order valence-electron chi connectivity index (χ4n) is 7.61. The minimum atomic E-state index is -0.0508. The Labute approximate surface area is 295 Å². The molecule has 0 radical (unpaired) electrons. The molecule has 8 nitrogen and oxygen atoms in total. The van der Waals surface area contributed by atoms with Gasteiger partial charge in [0.1, 0.15) is 17.8 Å². The van der Waals surface area contributed by atoms with Crippen molar-refractivity contribution in [3.8, 4) is 46.0 Å². The monoisotopic (exact) mass is 694 g/mol. The summed E-state index contributed by atoms with van der Waals surface area (Å²) in [5.41, 5.74) is 6.74. The Bertz CT molecular complexity index is 1830. The maximum absolute atomic E-state index is 11.5. The standard InChI is InChI=1S/C38H42N2O6.2ClH/c1-39(2)15-13-25-20-33(43-5)34-22-28(25)29(39)17-23-7-10-27(11-8-23)45-38-36-26(21-35(44-6)37(38)42)14-16-40(3,4)30(36)18-24-9-12-31(41)32(19-24)46-34;;/h7-12,19-22,29-30H,13-18H2,1-6H3;2*1H. The van der Waals surface area contributed by atoms with Gasteiger partial charge in [0, 0.05) is 31.2 Å². The number of ether oxygens (including phenoxy) is 4. The molecule has 0 saturated heterocycles. The van der Waals surface area contributed by atoms with Crippen molar-refractivity contribution in [2.75, 3.05) is 55.5 Å². The quantitative estimate of drug-likeness (QED) is 0.304. The van der Waals surface area contributed by atoms with E-state index in [2.05, 4.69) is 52.5 Å². The number of halogens is 2. The van der Waals surface area contributed by atoms with E-state index in [1.807, 2.05) is 30.3 Å². The highest BCUT2D eigenvalue weighted by Gasteiger charge is 2.41. The van der Waals surface area contributed by atoms with Crippen LogP contribution >= 0.6 is 0 Å². The highest BCUT2D eigenvalue weighted by atomic mass is 35.5. The number of hydrogen-bond donors (Lipinski definition) is 2. The van der Waals surface area contributed by atoms with Crippen molar-refractivity contribution in [3.63, 3.8) is 0 Å². The molecule has 48 heavy (non-hydrogen) atoms. The van der Waals surface area contributed by atoms with Crippen molar-refractivity contribution < 1.29 is 62.9 Å². The van der Waals surface area contributed by atoms with E-state index < -0.39 is 0 Å². The Balaban J connectivity index is 0.00000225. The number of quaternary nitrogens is 2. The van der Waals surface area contributed by atoms with Crippen LogP contribution in [-0.4, -0.2) is 74.7 Å². The van der Waals surface area contributed by atoms with Crippen LogP contribution in [0.4, 0.5) is 0 Å². The predicted octanol–water partition coefficient (Wildman–Crippen LogP) is 0.854. The Morgan fingerprint density at radius 3 is 1.96 bits per heavy atom. The summed E-state index contributed by atoms with van der Waals surface area (Å²) in [5, 5.41) is 22.5. The zero-order chi connectivity index (χ0) is 32.4. The first kappa shape index (κ1) is 35.5. The largest absolute Gasteiger partial charge is 1.00 e. The van der Waals surface area contributed by atoms with Gasteiger partial charge in [0.15, 0.2) is 34.5 Å². The number of methoxy groups -OCH3 is 2. The van der Waals surface area contributed by atoms with Crippen molar-refractivity contribution in [3.05, 3.63) is 94.0 Å². The van der Waals surface area contributed by atoms with E-state index in [0.717, 1.165) is 53.5 Å². The lowest BCUT2D eigenvalue weighted by Crippen LogP contribution is -3.00. The number of phenolic OH excluding ortho intramolecular Hbond substituents is 2. The summed E-state index contributed by atoms with van der Waals surface area (Å²) >= 11 is 0. The van der Waals surface area contributed by atoms with Gasteiger partial charge in [-0.3, -0.25) is 0 Å². The van der Waals surface area contributed by atoms with Gasteiger partial charge in [0.05, 0.1) is 61.1 Å². The van der Waals surface area contributed by atoms with Gasteiger partial charge < -0.3 is 62.9 Å². The van der Waals surface area contributed by atoms with Crippen molar-refractivity contribution in [2.24, 2.45) is 0 Å². The number of aromatic hydroxyl groups is 2. The molecule has 4 heterocycles. The minimum absolute atomic E-state index is 0. The average molecular weight is 696 g/mol. The van der Waals surface area contributed by atoms with Crippen LogP contribution in [0.5, 0.6) is 46.0 Å². The van der Waals surface area contributed by atoms with Gasteiger partial charge in [-0.05, 0) is 64.7 Å². The number of fused-ring (bicyclic) bond motifs is 2. The fourth-order valence-corrected chi connectivity index (χ4v) is 7.61.